The van der Waals surface area contributed by atoms with Gasteiger partial charge in [-0.2, -0.15) is 16.1 Å². The predicted octanol–water partition coefficient (Wildman–Crippen LogP) is 1.19. The SMILES string of the molecule is Cc1ccc(S(=O)(=O)N2CCSCC2C(=O)O)cc1. The van der Waals surface area contributed by atoms with Crippen molar-refractivity contribution in [1.29, 1.82) is 0 Å². The van der Waals surface area contributed by atoms with Gasteiger partial charge in [-0.25, -0.2) is 8.42 Å². The van der Waals surface area contributed by atoms with Crippen LogP contribution in [-0.4, -0.2) is 47.9 Å². The van der Waals surface area contributed by atoms with E-state index in [4.69, 9.17) is 5.11 Å². The number of carbonyl (C=O) groups is 1. The summed E-state index contributed by atoms with van der Waals surface area (Å²) >= 11 is 1.46. The van der Waals surface area contributed by atoms with Gasteiger partial charge in [-0.05, 0) is 19.1 Å². The van der Waals surface area contributed by atoms with Gasteiger partial charge in [-0.1, -0.05) is 17.7 Å². The van der Waals surface area contributed by atoms with Crippen molar-refractivity contribution in [2.75, 3.05) is 18.1 Å². The average Bonchev–Trinajstić information content (AvgIpc) is 2.39. The van der Waals surface area contributed by atoms with Gasteiger partial charge in [0, 0.05) is 18.1 Å². The highest BCUT2D eigenvalue weighted by Gasteiger charge is 2.37. The fraction of sp³-hybridized carbons (Fsp3) is 0.417. The van der Waals surface area contributed by atoms with E-state index in [1.54, 1.807) is 12.1 Å². The van der Waals surface area contributed by atoms with Crippen molar-refractivity contribution in [2.45, 2.75) is 17.9 Å². The number of benzene rings is 1. The van der Waals surface area contributed by atoms with E-state index in [2.05, 4.69) is 0 Å². The minimum absolute atomic E-state index is 0.149. The Labute approximate surface area is 116 Å². The molecular formula is C12H15NO4S2. The maximum atomic E-state index is 12.5. The van der Waals surface area contributed by atoms with Crippen LogP contribution in [0.25, 0.3) is 0 Å². The third-order valence-corrected chi connectivity index (χ3v) is 5.94. The Balaban J connectivity index is 2.37. The zero-order chi connectivity index (χ0) is 14.0. The van der Waals surface area contributed by atoms with Gasteiger partial charge in [0.15, 0.2) is 0 Å². The molecule has 1 unspecified atom stereocenters. The van der Waals surface area contributed by atoms with Crippen LogP contribution in [0.15, 0.2) is 29.2 Å². The van der Waals surface area contributed by atoms with Crippen molar-refractivity contribution in [3.05, 3.63) is 29.8 Å². The lowest BCUT2D eigenvalue weighted by atomic mass is 10.2. The molecule has 0 spiro atoms. The van der Waals surface area contributed by atoms with Crippen LogP contribution in [0.4, 0.5) is 0 Å². The van der Waals surface area contributed by atoms with E-state index in [0.717, 1.165) is 9.87 Å². The topological polar surface area (TPSA) is 74.7 Å². The van der Waals surface area contributed by atoms with Crippen LogP contribution in [0.2, 0.25) is 0 Å². The number of aliphatic carboxylic acids is 1. The average molecular weight is 301 g/mol. The number of carboxylic acid groups (broad SMARTS) is 1. The summed E-state index contributed by atoms with van der Waals surface area (Å²) in [5.41, 5.74) is 0.961. The van der Waals surface area contributed by atoms with Crippen LogP contribution >= 0.6 is 11.8 Å². The Morgan fingerprint density at radius 1 is 1.37 bits per heavy atom. The number of nitrogens with zero attached hydrogens (tertiary/aromatic N) is 1. The molecule has 19 heavy (non-hydrogen) atoms. The smallest absolute Gasteiger partial charge is 0.322 e. The summed E-state index contributed by atoms with van der Waals surface area (Å²) in [5.74, 6) is -0.183. The maximum Gasteiger partial charge on any atom is 0.322 e. The van der Waals surface area contributed by atoms with Crippen LogP contribution < -0.4 is 0 Å². The van der Waals surface area contributed by atoms with E-state index in [1.165, 1.54) is 23.9 Å². The van der Waals surface area contributed by atoms with Gasteiger partial charge in [-0.3, -0.25) is 4.79 Å². The lowest BCUT2D eigenvalue weighted by molar-refractivity contribution is -0.140. The van der Waals surface area contributed by atoms with Gasteiger partial charge in [0.05, 0.1) is 4.90 Å². The minimum Gasteiger partial charge on any atom is -0.480 e. The molecule has 1 atom stereocenters. The van der Waals surface area contributed by atoms with Gasteiger partial charge in [-0.15, -0.1) is 0 Å². The summed E-state index contributed by atoms with van der Waals surface area (Å²) in [5, 5.41) is 9.14. The molecule has 104 valence electrons. The van der Waals surface area contributed by atoms with Gasteiger partial charge in [0.1, 0.15) is 6.04 Å². The third-order valence-electron chi connectivity index (χ3n) is 2.99. The molecule has 7 heteroatoms. The second kappa shape index (κ2) is 5.52. The van der Waals surface area contributed by atoms with Gasteiger partial charge in [0.2, 0.25) is 10.0 Å². The molecule has 0 aliphatic carbocycles. The zero-order valence-corrected chi connectivity index (χ0v) is 12.1. The molecular weight excluding hydrogens is 286 g/mol. The van der Waals surface area contributed by atoms with Gasteiger partial charge < -0.3 is 5.11 Å². The summed E-state index contributed by atoms with van der Waals surface area (Å²) < 4.78 is 26.0. The molecule has 1 aromatic rings. The standard InChI is InChI=1S/C12H15NO4S2/c1-9-2-4-10(5-3-9)19(16,17)13-6-7-18-8-11(13)12(14)15/h2-5,11H,6-8H2,1H3,(H,14,15). The molecule has 0 saturated carbocycles. The van der Waals surface area contributed by atoms with E-state index in [0.29, 0.717) is 11.5 Å². The number of thioether (sulfide) groups is 1. The highest BCUT2D eigenvalue weighted by molar-refractivity contribution is 7.99. The van der Waals surface area contributed by atoms with Crippen molar-refractivity contribution in [3.8, 4) is 0 Å². The number of hydrogen-bond donors (Lipinski definition) is 1. The van der Waals surface area contributed by atoms with Crippen LogP contribution in [0, 0.1) is 6.92 Å². The van der Waals surface area contributed by atoms with Crippen molar-refractivity contribution in [2.24, 2.45) is 0 Å². The monoisotopic (exact) mass is 301 g/mol. The number of carboxylic acids is 1. The number of hydrogen-bond acceptors (Lipinski definition) is 4. The van der Waals surface area contributed by atoms with Crippen molar-refractivity contribution >= 4 is 27.8 Å². The number of aryl methyl sites for hydroxylation is 1. The Bertz CT molecular complexity index is 568. The van der Waals surface area contributed by atoms with E-state index >= 15 is 0 Å². The largest absolute Gasteiger partial charge is 0.480 e. The fourth-order valence-electron chi connectivity index (χ4n) is 1.92. The van der Waals surface area contributed by atoms with Crippen molar-refractivity contribution < 1.29 is 18.3 Å². The molecule has 1 heterocycles. The summed E-state index contributed by atoms with van der Waals surface area (Å²) in [6, 6.07) is 5.48. The second-order valence-corrected chi connectivity index (χ2v) is 7.40. The van der Waals surface area contributed by atoms with Gasteiger partial charge >= 0.3 is 5.97 Å². The highest BCUT2D eigenvalue weighted by atomic mass is 32.2. The third kappa shape index (κ3) is 2.93. The molecule has 1 aromatic carbocycles. The normalized spacial score (nSPS) is 21.2. The van der Waals surface area contributed by atoms with Crippen LogP contribution in [0.5, 0.6) is 0 Å². The molecule has 0 aromatic heterocycles. The first-order valence-electron chi connectivity index (χ1n) is 5.82. The van der Waals surface area contributed by atoms with Crippen LogP contribution in [0.1, 0.15) is 5.56 Å². The molecule has 1 fully saturated rings. The summed E-state index contributed by atoms with van der Waals surface area (Å²) in [6.45, 7) is 2.10. The van der Waals surface area contributed by atoms with E-state index in [1.807, 2.05) is 6.92 Å². The van der Waals surface area contributed by atoms with E-state index < -0.39 is 22.0 Å². The van der Waals surface area contributed by atoms with Crippen molar-refractivity contribution in [1.82, 2.24) is 4.31 Å². The molecule has 2 rings (SSSR count). The molecule has 1 N–H and O–H groups in total. The Morgan fingerprint density at radius 3 is 2.58 bits per heavy atom. The molecule has 0 bridgehead atoms. The highest BCUT2D eigenvalue weighted by Crippen LogP contribution is 2.25. The van der Waals surface area contributed by atoms with Crippen LogP contribution in [0.3, 0.4) is 0 Å². The lowest BCUT2D eigenvalue weighted by Crippen LogP contribution is -2.50. The minimum atomic E-state index is -3.73. The summed E-state index contributed by atoms with van der Waals surface area (Å²) in [4.78, 5) is 11.3. The first kappa shape index (κ1) is 14.4. The Morgan fingerprint density at radius 2 is 2.00 bits per heavy atom. The second-order valence-electron chi connectivity index (χ2n) is 4.36. The molecule has 0 radical (unpaired) electrons. The fourth-order valence-corrected chi connectivity index (χ4v) is 4.75. The number of sulfonamides is 1. The predicted molar refractivity (Wildman–Crippen MR) is 73.8 cm³/mol. The summed E-state index contributed by atoms with van der Waals surface area (Å²) in [6.07, 6.45) is 0. The van der Waals surface area contributed by atoms with E-state index in [-0.39, 0.29) is 11.4 Å². The molecule has 1 aliphatic heterocycles. The Hall–Kier alpha value is -1.05. The molecule has 0 amide bonds. The quantitative estimate of drug-likeness (QED) is 0.907. The van der Waals surface area contributed by atoms with E-state index in [9.17, 15) is 13.2 Å². The van der Waals surface area contributed by atoms with Crippen molar-refractivity contribution in [3.63, 3.8) is 0 Å². The zero-order valence-electron chi connectivity index (χ0n) is 10.4. The number of rotatable bonds is 3. The first-order chi connectivity index (χ1) is 8.93. The molecule has 5 nitrogen and oxygen atoms in total. The molecule has 1 saturated heterocycles. The summed E-state index contributed by atoms with van der Waals surface area (Å²) in [7, 11) is -3.73. The van der Waals surface area contributed by atoms with Gasteiger partial charge in [0.25, 0.3) is 0 Å². The first-order valence-corrected chi connectivity index (χ1v) is 8.41. The van der Waals surface area contributed by atoms with Crippen LogP contribution in [-0.2, 0) is 14.8 Å². The lowest BCUT2D eigenvalue weighted by Gasteiger charge is -2.31. The molecule has 1 aliphatic rings. The maximum absolute atomic E-state index is 12.5. The Kier molecular flexibility index (Phi) is 4.17.